The van der Waals surface area contributed by atoms with Crippen LogP contribution in [-0.2, 0) is 10.1 Å². The molecule has 0 radical (unpaired) electrons. The van der Waals surface area contributed by atoms with Gasteiger partial charge in [-0.3, -0.25) is 9.35 Å². The van der Waals surface area contributed by atoms with Crippen molar-refractivity contribution in [2.24, 2.45) is 0 Å². The first kappa shape index (κ1) is 14.2. The van der Waals surface area contributed by atoms with Crippen LogP contribution in [0.2, 0.25) is 0 Å². The Bertz CT molecular complexity index is 489. The Hall–Kier alpha value is -0.803. The number of ketones is 1. The molecule has 0 heterocycles. The molecule has 15 heavy (non-hydrogen) atoms. The maximum Gasteiger partial charge on any atom is 1.00 e. The van der Waals surface area contributed by atoms with Crippen LogP contribution in [0, 0.1) is 0 Å². The van der Waals surface area contributed by atoms with E-state index in [1.54, 1.807) is 0 Å². The molecule has 0 atom stereocenters. The van der Waals surface area contributed by atoms with Crippen LogP contribution in [0.15, 0.2) is 23.1 Å². The minimum absolute atomic E-state index is 0. The van der Waals surface area contributed by atoms with Gasteiger partial charge in [0, 0.05) is 11.3 Å². The van der Waals surface area contributed by atoms with Crippen molar-refractivity contribution in [2.75, 3.05) is 5.73 Å². The molecular formula is C8H10LiNO4S. The van der Waals surface area contributed by atoms with Crippen LogP contribution < -0.4 is 24.6 Å². The molecule has 78 valence electrons. The second-order valence-corrected chi connectivity index (χ2v) is 4.18. The zero-order valence-corrected chi connectivity index (χ0v) is 9.21. The normalized spacial score (nSPS) is 10.5. The van der Waals surface area contributed by atoms with E-state index in [0.29, 0.717) is 0 Å². The zero-order valence-electron chi connectivity index (χ0n) is 9.39. The number of hydrogen-bond donors (Lipinski definition) is 2. The maximum absolute atomic E-state index is 11.0. The summed E-state index contributed by atoms with van der Waals surface area (Å²) in [5, 5.41) is 0. The maximum atomic E-state index is 11.0. The van der Waals surface area contributed by atoms with Crippen molar-refractivity contribution >= 4 is 21.6 Å². The van der Waals surface area contributed by atoms with Gasteiger partial charge < -0.3 is 7.16 Å². The Balaban J connectivity index is 0. The van der Waals surface area contributed by atoms with Crippen molar-refractivity contribution in [1.82, 2.24) is 0 Å². The van der Waals surface area contributed by atoms with Crippen LogP contribution in [0.25, 0.3) is 0 Å². The number of Topliss-reactive ketones (excluding diaryl/α,β-unsaturated/α-hetero) is 1. The molecule has 0 aliphatic carbocycles. The zero-order chi connectivity index (χ0) is 10.9. The van der Waals surface area contributed by atoms with E-state index in [9.17, 15) is 13.2 Å². The fourth-order valence-electron chi connectivity index (χ4n) is 1.05. The van der Waals surface area contributed by atoms with Crippen LogP contribution in [0.1, 0.15) is 18.7 Å². The second-order valence-electron chi connectivity index (χ2n) is 2.79. The number of hydrogen-bond acceptors (Lipinski definition) is 4. The molecule has 0 aromatic heterocycles. The van der Waals surface area contributed by atoms with E-state index in [-0.39, 0.29) is 31.5 Å². The van der Waals surface area contributed by atoms with Gasteiger partial charge in [-0.1, -0.05) is 0 Å². The molecule has 0 aliphatic heterocycles. The molecule has 3 N–H and O–H groups in total. The topological polar surface area (TPSA) is 97.5 Å². The van der Waals surface area contributed by atoms with Crippen molar-refractivity contribution in [3.63, 3.8) is 0 Å². The average molecular weight is 223 g/mol. The number of benzene rings is 1. The number of nitrogen functional groups attached to an aromatic ring is 1. The molecule has 0 fully saturated rings. The Morgan fingerprint density at radius 3 is 2.40 bits per heavy atom. The molecule has 7 heteroatoms. The van der Waals surface area contributed by atoms with Crippen molar-refractivity contribution in [3.8, 4) is 0 Å². The van der Waals surface area contributed by atoms with Gasteiger partial charge in [-0.25, -0.2) is 0 Å². The van der Waals surface area contributed by atoms with Gasteiger partial charge in [0.05, 0.1) is 0 Å². The molecule has 0 amide bonds. The van der Waals surface area contributed by atoms with E-state index in [1.165, 1.54) is 19.1 Å². The summed E-state index contributed by atoms with van der Waals surface area (Å²) in [6.45, 7) is 1.20. The number of anilines is 1. The monoisotopic (exact) mass is 223 g/mol. The largest absolute Gasteiger partial charge is 1.00 e. The SMILES string of the molecule is CC(=O)c1cc(N)ccc1S(=O)(=O)O.[H-].[Li+]. The van der Waals surface area contributed by atoms with Gasteiger partial charge in [0.25, 0.3) is 10.1 Å². The van der Waals surface area contributed by atoms with Crippen LogP contribution in [0.4, 0.5) is 5.69 Å². The van der Waals surface area contributed by atoms with E-state index in [0.717, 1.165) is 6.07 Å². The minimum Gasteiger partial charge on any atom is -1.00 e. The average Bonchev–Trinajstić information content (AvgIpc) is 2.01. The summed E-state index contributed by atoms with van der Waals surface area (Å²) in [4.78, 5) is 10.6. The van der Waals surface area contributed by atoms with Crippen LogP contribution in [0.3, 0.4) is 0 Å². The first-order valence-electron chi connectivity index (χ1n) is 3.70. The Labute approximate surface area is 101 Å². The summed E-state index contributed by atoms with van der Waals surface area (Å²) in [5.74, 6) is -0.468. The molecule has 0 spiro atoms. The number of carbonyl (C=O) groups is 1. The number of nitrogens with two attached hydrogens (primary N) is 1. The smallest absolute Gasteiger partial charge is 1.00 e. The molecule has 0 unspecified atom stereocenters. The van der Waals surface area contributed by atoms with Gasteiger partial charge in [-0.05, 0) is 25.1 Å². The van der Waals surface area contributed by atoms with E-state index in [1.807, 2.05) is 0 Å². The van der Waals surface area contributed by atoms with Gasteiger partial charge >= 0.3 is 18.9 Å². The fourth-order valence-corrected chi connectivity index (χ4v) is 1.77. The Morgan fingerprint density at radius 2 is 2.00 bits per heavy atom. The van der Waals surface area contributed by atoms with Gasteiger partial charge in [0.2, 0.25) is 0 Å². The third-order valence-electron chi connectivity index (χ3n) is 1.66. The van der Waals surface area contributed by atoms with Gasteiger partial charge in [0.1, 0.15) is 4.90 Å². The van der Waals surface area contributed by atoms with Gasteiger partial charge in [-0.2, -0.15) is 8.42 Å². The predicted molar refractivity (Wildman–Crippen MR) is 51.8 cm³/mol. The summed E-state index contributed by atoms with van der Waals surface area (Å²) < 4.78 is 30.5. The molecule has 0 aliphatic rings. The molecule has 1 aromatic rings. The van der Waals surface area contributed by atoms with Crippen LogP contribution in [0.5, 0.6) is 0 Å². The van der Waals surface area contributed by atoms with Gasteiger partial charge in [0.15, 0.2) is 5.78 Å². The first-order chi connectivity index (χ1) is 6.32. The minimum atomic E-state index is -4.37. The summed E-state index contributed by atoms with van der Waals surface area (Å²) >= 11 is 0. The summed E-state index contributed by atoms with van der Waals surface area (Å²) in [5.41, 5.74) is 5.54. The van der Waals surface area contributed by atoms with Crippen molar-refractivity contribution in [2.45, 2.75) is 11.8 Å². The van der Waals surface area contributed by atoms with Crippen LogP contribution >= 0.6 is 0 Å². The van der Waals surface area contributed by atoms with E-state index >= 15 is 0 Å². The predicted octanol–water partition coefficient (Wildman–Crippen LogP) is -2.17. The number of rotatable bonds is 2. The second kappa shape index (κ2) is 4.81. The summed E-state index contributed by atoms with van der Waals surface area (Å²) in [6, 6.07) is 3.61. The van der Waals surface area contributed by atoms with E-state index in [2.05, 4.69) is 0 Å². The molecular weight excluding hydrogens is 213 g/mol. The summed E-state index contributed by atoms with van der Waals surface area (Å²) in [7, 11) is -4.37. The molecule has 5 nitrogen and oxygen atoms in total. The standard InChI is InChI=1S/C8H9NO4S.Li.H/c1-5(10)7-4-6(9)2-3-8(7)14(11,12)13;;/h2-4H,9H2,1H3,(H,11,12,13);;/q;+1;-1. The molecule has 0 saturated heterocycles. The summed E-state index contributed by atoms with van der Waals surface area (Å²) in [6.07, 6.45) is 0. The molecule has 0 saturated carbocycles. The van der Waals surface area contributed by atoms with E-state index in [4.69, 9.17) is 10.3 Å². The Kier molecular flexibility index (Phi) is 4.56. The quantitative estimate of drug-likeness (QED) is 0.257. The van der Waals surface area contributed by atoms with E-state index < -0.39 is 20.8 Å². The molecule has 1 rings (SSSR count). The fraction of sp³-hybridized carbons (Fsp3) is 0.125. The third kappa shape index (κ3) is 3.36. The number of carbonyl (C=O) groups excluding carboxylic acids is 1. The van der Waals surface area contributed by atoms with Crippen molar-refractivity contribution in [1.29, 1.82) is 0 Å². The Morgan fingerprint density at radius 1 is 1.47 bits per heavy atom. The third-order valence-corrected chi connectivity index (χ3v) is 2.57. The van der Waals surface area contributed by atoms with Crippen molar-refractivity contribution in [3.05, 3.63) is 23.8 Å². The first-order valence-corrected chi connectivity index (χ1v) is 5.14. The molecule has 1 aromatic carbocycles. The van der Waals surface area contributed by atoms with Crippen LogP contribution in [-0.4, -0.2) is 18.8 Å². The molecule has 0 bridgehead atoms. The van der Waals surface area contributed by atoms with Gasteiger partial charge in [-0.15, -0.1) is 0 Å². The van der Waals surface area contributed by atoms with Crippen molar-refractivity contribution < 1.29 is 38.1 Å².